The van der Waals surface area contributed by atoms with Gasteiger partial charge < -0.3 is 10.6 Å². The van der Waals surface area contributed by atoms with Gasteiger partial charge in [0, 0.05) is 17.8 Å². The SMILES string of the molecule is Cc1ccc(C(N)=S)c(N2CCCCc3ccccc32)c1. The normalized spacial score (nSPS) is 14.4. The van der Waals surface area contributed by atoms with Gasteiger partial charge in [-0.05, 0) is 55.5 Å². The molecule has 0 amide bonds. The third-order valence-corrected chi connectivity index (χ3v) is 4.29. The van der Waals surface area contributed by atoms with E-state index >= 15 is 0 Å². The van der Waals surface area contributed by atoms with Crippen LogP contribution in [-0.4, -0.2) is 11.5 Å². The third-order valence-electron chi connectivity index (χ3n) is 4.07. The van der Waals surface area contributed by atoms with Crippen LogP contribution in [-0.2, 0) is 6.42 Å². The van der Waals surface area contributed by atoms with Crippen LogP contribution in [0.2, 0.25) is 0 Å². The summed E-state index contributed by atoms with van der Waals surface area (Å²) in [6.45, 7) is 3.12. The fraction of sp³-hybridized carbons (Fsp3) is 0.278. The van der Waals surface area contributed by atoms with Gasteiger partial charge in [-0.15, -0.1) is 0 Å². The summed E-state index contributed by atoms with van der Waals surface area (Å²) in [7, 11) is 0. The van der Waals surface area contributed by atoms with Crippen molar-refractivity contribution in [1.82, 2.24) is 0 Å². The molecule has 2 aromatic rings. The molecular formula is C18H20N2S. The molecule has 0 saturated heterocycles. The first-order chi connectivity index (χ1) is 10.2. The molecule has 1 heterocycles. The number of hydrogen-bond acceptors (Lipinski definition) is 2. The summed E-state index contributed by atoms with van der Waals surface area (Å²) < 4.78 is 0. The first kappa shape index (κ1) is 14.1. The van der Waals surface area contributed by atoms with Crippen molar-refractivity contribution in [3.8, 4) is 0 Å². The molecule has 0 unspecified atom stereocenters. The number of hydrogen-bond donors (Lipinski definition) is 1. The van der Waals surface area contributed by atoms with E-state index in [-0.39, 0.29) is 0 Å². The van der Waals surface area contributed by atoms with Crippen molar-refractivity contribution in [3.63, 3.8) is 0 Å². The van der Waals surface area contributed by atoms with Gasteiger partial charge in [-0.1, -0.05) is 36.5 Å². The molecule has 108 valence electrons. The zero-order valence-corrected chi connectivity index (χ0v) is 13.1. The maximum atomic E-state index is 5.94. The quantitative estimate of drug-likeness (QED) is 0.846. The monoisotopic (exact) mass is 296 g/mol. The molecule has 0 atom stereocenters. The van der Waals surface area contributed by atoms with Gasteiger partial charge in [0.15, 0.2) is 0 Å². The lowest BCUT2D eigenvalue weighted by Crippen LogP contribution is -2.22. The van der Waals surface area contributed by atoms with E-state index in [0.717, 1.165) is 24.2 Å². The van der Waals surface area contributed by atoms with Crippen molar-refractivity contribution in [2.75, 3.05) is 11.4 Å². The second kappa shape index (κ2) is 5.86. The van der Waals surface area contributed by atoms with Crippen LogP contribution < -0.4 is 10.6 Å². The van der Waals surface area contributed by atoms with E-state index in [1.54, 1.807) is 0 Å². The average molecular weight is 296 g/mol. The Kier molecular flexibility index (Phi) is 3.93. The van der Waals surface area contributed by atoms with E-state index < -0.39 is 0 Å². The second-order valence-electron chi connectivity index (χ2n) is 5.62. The summed E-state index contributed by atoms with van der Waals surface area (Å²) in [4.78, 5) is 2.84. The molecule has 0 fully saturated rings. The lowest BCUT2D eigenvalue weighted by Gasteiger charge is -2.27. The fourth-order valence-electron chi connectivity index (χ4n) is 3.01. The summed E-state index contributed by atoms with van der Waals surface area (Å²) in [5.41, 5.74) is 12.0. The maximum absolute atomic E-state index is 5.94. The Bertz CT molecular complexity index is 679. The van der Waals surface area contributed by atoms with Gasteiger partial charge in [0.2, 0.25) is 0 Å². The number of thiocarbonyl (C=S) groups is 1. The zero-order chi connectivity index (χ0) is 14.8. The van der Waals surface area contributed by atoms with Crippen LogP contribution in [0.15, 0.2) is 42.5 Å². The Morgan fingerprint density at radius 2 is 1.90 bits per heavy atom. The summed E-state index contributed by atoms with van der Waals surface area (Å²) in [6, 6.07) is 15.0. The van der Waals surface area contributed by atoms with Crippen LogP contribution >= 0.6 is 12.2 Å². The smallest absolute Gasteiger partial charge is 0.106 e. The second-order valence-corrected chi connectivity index (χ2v) is 6.06. The van der Waals surface area contributed by atoms with Crippen molar-refractivity contribution in [2.24, 2.45) is 5.73 Å². The van der Waals surface area contributed by atoms with E-state index in [0.29, 0.717) is 4.99 Å². The Balaban J connectivity index is 2.16. The molecule has 1 aliphatic rings. The highest BCUT2D eigenvalue weighted by Crippen LogP contribution is 2.35. The van der Waals surface area contributed by atoms with Crippen molar-refractivity contribution in [2.45, 2.75) is 26.2 Å². The molecular weight excluding hydrogens is 276 g/mol. The molecule has 0 radical (unpaired) electrons. The van der Waals surface area contributed by atoms with Gasteiger partial charge >= 0.3 is 0 Å². The van der Waals surface area contributed by atoms with Gasteiger partial charge in [-0.3, -0.25) is 0 Å². The number of anilines is 2. The van der Waals surface area contributed by atoms with Gasteiger partial charge in [0.05, 0.1) is 5.69 Å². The molecule has 21 heavy (non-hydrogen) atoms. The molecule has 0 aliphatic carbocycles. The average Bonchev–Trinajstić information content (AvgIpc) is 2.69. The van der Waals surface area contributed by atoms with Gasteiger partial charge in [0.25, 0.3) is 0 Å². The third kappa shape index (κ3) is 2.79. The molecule has 3 heteroatoms. The number of para-hydroxylation sites is 1. The highest BCUT2D eigenvalue weighted by molar-refractivity contribution is 7.80. The maximum Gasteiger partial charge on any atom is 0.106 e. The lowest BCUT2D eigenvalue weighted by molar-refractivity contribution is 0.761. The highest BCUT2D eigenvalue weighted by atomic mass is 32.1. The topological polar surface area (TPSA) is 29.3 Å². The largest absolute Gasteiger partial charge is 0.389 e. The molecule has 0 aromatic heterocycles. The number of aryl methyl sites for hydroxylation is 2. The van der Waals surface area contributed by atoms with Crippen molar-refractivity contribution >= 4 is 28.6 Å². The van der Waals surface area contributed by atoms with Gasteiger partial charge in [-0.2, -0.15) is 0 Å². The highest BCUT2D eigenvalue weighted by Gasteiger charge is 2.19. The predicted octanol–water partition coefficient (Wildman–Crippen LogP) is 4.10. The first-order valence-electron chi connectivity index (χ1n) is 7.43. The van der Waals surface area contributed by atoms with E-state index in [2.05, 4.69) is 48.2 Å². The molecule has 0 spiro atoms. The van der Waals surface area contributed by atoms with Crippen LogP contribution in [0, 0.1) is 6.92 Å². The van der Waals surface area contributed by atoms with E-state index in [1.807, 2.05) is 6.07 Å². The van der Waals surface area contributed by atoms with Gasteiger partial charge in [-0.25, -0.2) is 0 Å². The minimum absolute atomic E-state index is 0.465. The standard InChI is InChI=1S/C18H20N2S/c1-13-9-10-15(18(19)21)17(12-13)20-11-5-4-7-14-6-2-3-8-16(14)20/h2-3,6,8-10,12H,4-5,7,11H2,1H3,(H2,19,21). The summed E-state index contributed by atoms with van der Waals surface area (Å²) in [5.74, 6) is 0. The Morgan fingerprint density at radius 1 is 1.10 bits per heavy atom. The van der Waals surface area contributed by atoms with E-state index in [4.69, 9.17) is 18.0 Å². The van der Waals surface area contributed by atoms with E-state index in [1.165, 1.54) is 29.7 Å². The number of fused-ring (bicyclic) bond motifs is 1. The lowest BCUT2D eigenvalue weighted by atomic mass is 10.1. The van der Waals surface area contributed by atoms with E-state index in [9.17, 15) is 0 Å². The van der Waals surface area contributed by atoms with Crippen LogP contribution in [0.4, 0.5) is 11.4 Å². The van der Waals surface area contributed by atoms with Gasteiger partial charge in [0.1, 0.15) is 4.99 Å². The summed E-state index contributed by atoms with van der Waals surface area (Å²) in [5, 5.41) is 0. The number of rotatable bonds is 2. The molecule has 0 saturated carbocycles. The molecule has 2 nitrogen and oxygen atoms in total. The Labute approximate surface area is 131 Å². The van der Waals surface area contributed by atoms with Crippen LogP contribution in [0.3, 0.4) is 0 Å². The minimum Gasteiger partial charge on any atom is -0.389 e. The zero-order valence-electron chi connectivity index (χ0n) is 12.3. The number of benzene rings is 2. The minimum atomic E-state index is 0.465. The molecule has 2 N–H and O–H groups in total. The van der Waals surface area contributed by atoms with Crippen molar-refractivity contribution in [1.29, 1.82) is 0 Å². The van der Waals surface area contributed by atoms with Crippen molar-refractivity contribution in [3.05, 3.63) is 59.2 Å². The van der Waals surface area contributed by atoms with Crippen LogP contribution in [0.5, 0.6) is 0 Å². The van der Waals surface area contributed by atoms with Crippen LogP contribution in [0.1, 0.15) is 29.5 Å². The molecule has 1 aliphatic heterocycles. The predicted molar refractivity (Wildman–Crippen MR) is 93.5 cm³/mol. The van der Waals surface area contributed by atoms with Crippen LogP contribution in [0.25, 0.3) is 0 Å². The van der Waals surface area contributed by atoms with Crippen molar-refractivity contribution < 1.29 is 0 Å². The summed E-state index contributed by atoms with van der Waals surface area (Å²) >= 11 is 5.25. The molecule has 2 aromatic carbocycles. The first-order valence-corrected chi connectivity index (χ1v) is 7.83. The summed E-state index contributed by atoms with van der Waals surface area (Å²) in [6.07, 6.45) is 3.54. The molecule has 0 bridgehead atoms. The Morgan fingerprint density at radius 3 is 2.71 bits per heavy atom. The molecule has 3 rings (SSSR count). The Hall–Kier alpha value is -1.87. The number of nitrogens with zero attached hydrogens (tertiary/aromatic N) is 1. The fourth-order valence-corrected chi connectivity index (χ4v) is 3.19. The number of nitrogens with two attached hydrogens (primary N) is 1.